The highest BCUT2D eigenvalue weighted by molar-refractivity contribution is 6.32. The summed E-state index contributed by atoms with van der Waals surface area (Å²) in [5.74, 6) is 0.235. The van der Waals surface area contributed by atoms with Crippen LogP contribution in [0.15, 0.2) is 65.8 Å². The normalized spacial score (nSPS) is 10.9. The molecular weight excluding hydrogens is 416 g/mol. The minimum atomic E-state index is -0.288. The number of hydrogen-bond donors (Lipinski definition) is 1. The molecule has 0 saturated carbocycles. The van der Waals surface area contributed by atoms with Crippen molar-refractivity contribution in [2.75, 3.05) is 12.4 Å². The van der Waals surface area contributed by atoms with Gasteiger partial charge in [0.15, 0.2) is 0 Å². The number of nitrogens with one attached hydrogen (secondary N) is 1. The van der Waals surface area contributed by atoms with Gasteiger partial charge in [-0.15, -0.1) is 0 Å². The molecule has 158 valence electrons. The Labute approximate surface area is 183 Å². The number of carbonyl (C=O) groups excluding carboxylic acids is 1. The molecule has 1 amide bonds. The van der Waals surface area contributed by atoms with Crippen molar-refractivity contribution in [3.63, 3.8) is 0 Å². The number of aryl methyl sites for hydroxylation is 1. The van der Waals surface area contributed by atoms with E-state index in [-0.39, 0.29) is 18.0 Å². The van der Waals surface area contributed by atoms with Gasteiger partial charge in [-0.3, -0.25) is 14.2 Å². The zero-order valence-electron chi connectivity index (χ0n) is 17.1. The summed E-state index contributed by atoms with van der Waals surface area (Å²) >= 11 is 6.14. The number of ether oxygens (including phenoxy) is 1. The average Bonchev–Trinajstić information content (AvgIpc) is 3.13. The molecule has 2 aromatic carbocycles. The summed E-state index contributed by atoms with van der Waals surface area (Å²) in [6.45, 7) is 2.32. The topological polar surface area (TPSA) is 78.2 Å². The fourth-order valence-corrected chi connectivity index (χ4v) is 3.75. The van der Waals surface area contributed by atoms with Crippen LogP contribution >= 0.6 is 11.6 Å². The molecule has 0 aliphatic rings. The summed E-state index contributed by atoms with van der Waals surface area (Å²) in [7, 11) is 1.53. The zero-order valence-corrected chi connectivity index (χ0v) is 17.9. The summed E-state index contributed by atoms with van der Waals surface area (Å²) in [4.78, 5) is 30.3. The van der Waals surface area contributed by atoms with Crippen LogP contribution in [-0.4, -0.2) is 27.1 Å². The maximum absolute atomic E-state index is 13.0. The molecule has 0 unspecified atom stereocenters. The van der Waals surface area contributed by atoms with Crippen LogP contribution in [0.1, 0.15) is 6.92 Å². The molecule has 0 spiro atoms. The maximum Gasteiger partial charge on any atom is 0.277 e. The van der Waals surface area contributed by atoms with Crippen LogP contribution in [0.2, 0.25) is 5.02 Å². The molecule has 0 bridgehead atoms. The molecule has 1 N–H and O–H groups in total. The lowest BCUT2D eigenvalue weighted by atomic mass is 10.1. The van der Waals surface area contributed by atoms with Gasteiger partial charge in [0.25, 0.3) is 5.56 Å². The second-order valence-electron chi connectivity index (χ2n) is 6.97. The third-order valence-electron chi connectivity index (χ3n) is 5.02. The molecule has 2 aromatic heterocycles. The number of rotatable bonds is 6. The first kappa shape index (κ1) is 20.7. The van der Waals surface area contributed by atoms with Crippen LogP contribution in [0, 0.1) is 0 Å². The minimum Gasteiger partial charge on any atom is -0.495 e. The third kappa shape index (κ3) is 4.04. The largest absolute Gasteiger partial charge is 0.495 e. The van der Waals surface area contributed by atoms with E-state index in [1.807, 2.05) is 37.3 Å². The molecule has 4 aromatic rings. The predicted molar refractivity (Wildman–Crippen MR) is 122 cm³/mol. The summed E-state index contributed by atoms with van der Waals surface area (Å²) in [6.07, 6.45) is 3.34. The Hall–Kier alpha value is -3.58. The van der Waals surface area contributed by atoms with Gasteiger partial charge in [-0.25, -0.2) is 4.98 Å². The molecule has 0 aliphatic carbocycles. The number of fused-ring (bicyclic) bond motifs is 1. The second-order valence-corrected chi connectivity index (χ2v) is 7.37. The number of carbonyl (C=O) groups is 1. The lowest BCUT2D eigenvalue weighted by Gasteiger charge is -2.09. The van der Waals surface area contributed by atoms with Gasteiger partial charge in [0.2, 0.25) is 5.91 Å². The van der Waals surface area contributed by atoms with Crippen molar-refractivity contribution in [3.8, 4) is 16.9 Å². The molecular formula is C23H21ClN4O3. The van der Waals surface area contributed by atoms with Crippen LogP contribution in [0.4, 0.5) is 5.69 Å². The fourth-order valence-electron chi connectivity index (χ4n) is 3.49. The standard InChI is InChI=1S/C23H21ClN4O3/c1-3-27-14-25-21-17(15-7-5-4-6-8-15)12-28(22(21)23(27)30)13-20(29)26-16-9-10-19(31-2)18(24)11-16/h4-12,14H,3,13H2,1-2H3,(H,26,29). The van der Waals surface area contributed by atoms with E-state index >= 15 is 0 Å². The highest BCUT2D eigenvalue weighted by atomic mass is 35.5. The predicted octanol–water partition coefficient (Wildman–Crippen LogP) is 4.19. The fraction of sp³-hybridized carbons (Fsp3) is 0.174. The van der Waals surface area contributed by atoms with Gasteiger partial charge in [-0.05, 0) is 30.7 Å². The molecule has 0 atom stereocenters. The van der Waals surface area contributed by atoms with Crippen LogP contribution in [0.5, 0.6) is 5.75 Å². The molecule has 7 nitrogen and oxygen atoms in total. The number of halogens is 1. The number of amides is 1. The number of benzene rings is 2. The Morgan fingerprint density at radius 2 is 1.94 bits per heavy atom. The van der Waals surface area contributed by atoms with E-state index in [1.54, 1.807) is 35.3 Å². The number of anilines is 1. The van der Waals surface area contributed by atoms with Crippen LogP contribution < -0.4 is 15.6 Å². The van der Waals surface area contributed by atoms with Crippen molar-refractivity contribution >= 4 is 34.2 Å². The zero-order chi connectivity index (χ0) is 22.0. The Morgan fingerprint density at radius 1 is 1.16 bits per heavy atom. The molecule has 0 radical (unpaired) electrons. The number of nitrogens with zero attached hydrogens (tertiary/aromatic N) is 3. The smallest absolute Gasteiger partial charge is 0.277 e. The molecule has 4 rings (SSSR count). The quantitative estimate of drug-likeness (QED) is 0.491. The molecule has 31 heavy (non-hydrogen) atoms. The van der Waals surface area contributed by atoms with E-state index in [0.29, 0.717) is 34.0 Å². The number of aromatic nitrogens is 3. The molecule has 0 fully saturated rings. The van der Waals surface area contributed by atoms with Gasteiger partial charge >= 0.3 is 0 Å². The summed E-state index contributed by atoms with van der Waals surface area (Å²) < 4.78 is 8.31. The van der Waals surface area contributed by atoms with E-state index in [0.717, 1.165) is 11.1 Å². The van der Waals surface area contributed by atoms with Crippen molar-refractivity contribution in [3.05, 3.63) is 76.4 Å². The highest BCUT2D eigenvalue weighted by Crippen LogP contribution is 2.29. The van der Waals surface area contributed by atoms with Gasteiger partial charge in [-0.2, -0.15) is 0 Å². The molecule has 2 heterocycles. The van der Waals surface area contributed by atoms with Crippen LogP contribution in [0.25, 0.3) is 22.2 Å². The van der Waals surface area contributed by atoms with Crippen molar-refractivity contribution in [1.29, 1.82) is 0 Å². The minimum absolute atomic E-state index is 0.0440. The van der Waals surface area contributed by atoms with E-state index in [2.05, 4.69) is 10.3 Å². The maximum atomic E-state index is 13.0. The third-order valence-corrected chi connectivity index (χ3v) is 5.31. The summed E-state index contributed by atoms with van der Waals surface area (Å²) in [5.41, 5.74) is 3.05. The van der Waals surface area contributed by atoms with Crippen molar-refractivity contribution in [2.45, 2.75) is 20.0 Å². The SMILES string of the molecule is CCn1cnc2c(-c3ccccc3)cn(CC(=O)Nc3ccc(OC)c(Cl)c3)c2c1=O. The van der Waals surface area contributed by atoms with Crippen molar-refractivity contribution in [2.24, 2.45) is 0 Å². The molecule has 0 aliphatic heterocycles. The highest BCUT2D eigenvalue weighted by Gasteiger charge is 2.18. The van der Waals surface area contributed by atoms with Gasteiger partial charge < -0.3 is 14.6 Å². The monoisotopic (exact) mass is 436 g/mol. The van der Waals surface area contributed by atoms with E-state index in [4.69, 9.17) is 16.3 Å². The van der Waals surface area contributed by atoms with E-state index < -0.39 is 0 Å². The van der Waals surface area contributed by atoms with E-state index in [9.17, 15) is 9.59 Å². The van der Waals surface area contributed by atoms with Crippen molar-refractivity contribution in [1.82, 2.24) is 14.1 Å². The first-order valence-electron chi connectivity index (χ1n) is 9.79. The molecule has 0 saturated heterocycles. The van der Waals surface area contributed by atoms with E-state index in [1.165, 1.54) is 11.7 Å². The Balaban J connectivity index is 1.72. The Morgan fingerprint density at radius 3 is 2.61 bits per heavy atom. The van der Waals surface area contributed by atoms with Gasteiger partial charge in [0.1, 0.15) is 23.3 Å². The van der Waals surface area contributed by atoms with Crippen molar-refractivity contribution < 1.29 is 9.53 Å². The Bertz CT molecular complexity index is 1310. The summed E-state index contributed by atoms with van der Waals surface area (Å²) in [5, 5.41) is 3.21. The van der Waals surface area contributed by atoms with Gasteiger partial charge in [0, 0.05) is 24.0 Å². The molecule has 8 heteroatoms. The number of methoxy groups -OCH3 is 1. The van der Waals surface area contributed by atoms with Gasteiger partial charge in [-0.1, -0.05) is 41.9 Å². The summed E-state index contributed by atoms with van der Waals surface area (Å²) in [6, 6.07) is 14.7. The Kier molecular flexibility index (Phi) is 5.77. The lowest BCUT2D eigenvalue weighted by Crippen LogP contribution is -2.24. The van der Waals surface area contributed by atoms with Crippen LogP contribution in [-0.2, 0) is 17.9 Å². The number of hydrogen-bond acceptors (Lipinski definition) is 4. The second kappa shape index (κ2) is 8.65. The average molecular weight is 437 g/mol. The van der Waals surface area contributed by atoms with Crippen LogP contribution in [0.3, 0.4) is 0 Å². The first-order chi connectivity index (χ1) is 15.0. The first-order valence-corrected chi connectivity index (χ1v) is 10.2. The van der Waals surface area contributed by atoms with Gasteiger partial charge in [0.05, 0.1) is 18.5 Å². The lowest BCUT2D eigenvalue weighted by molar-refractivity contribution is -0.116.